The summed E-state index contributed by atoms with van der Waals surface area (Å²) in [6.45, 7) is 1.67. The van der Waals surface area contributed by atoms with Crippen molar-refractivity contribution < 1.29 is 22.7 Å². The number of phenols is 1. The van der Waals surface area contributed by atoms with Crippen LogP contribution >= 0.6 is 0 Å². The summed E-state index contributed by atoms with van der Waals surface area (Å²) in [5.74, 6) is -1.33. The minimum absolute atomic E-state index is 0.0182. The van der Waals surface area contributed by atoms with E-state index in [0.29, 0.717) is 11.1 Å². The third-order valence-electron chi connectivity index (χ3n) is 2.81. The Balaban J connectivity index is 2.54. The average Bonchev–Trinajstić information content (AvgIpc) is 2.32. The van der Waals surface area contributed by atoms with Crippen LogP contribution in [-0.4, -0.2) is 5.11 Å². The lowest BCUT2D eigenvalue weighted by atomic mass is 10.0. The predicted molar refractivity (Wildman–Crippen MR) is 63.2 cm³/mol. The molecule has 2 aromatic rings. The van der Waals surface area contributed by atoms with E-state index in [1.807, 2.05) is 0 Å². The molecule has 0 aromatic heterocycles. The number of hydrogen-bond donors (Lipinski definition) is 1. The van der Waals surface area contributed by atoms with Gasteiger partial charge in [0.05, 0.1) is 5.56 Å². The molecule has 0 spiro atoms. The highest BCUT2D eigenvalue weighted by Gasteiger charge is 2.34. The van der Waals surface area contributed by atoms with Crippen LogP contribution in [-0.2, 0) is 6.18 Å². The molecule has 0 amide bonds. The predicted octanol–water partition coefficient (Wildman–Crippen LogP) is 4.53. The minimum Gasteiger partial charge on any atom is -0.508 e. The van der Waals surface area contributed by atoms with Gasteiger partial charge in [-0.3, -0.25) is 0 Å². The van der Waals surface area contributed by atoms with E-state index in [2.05, 4.69) is 0 Å². The molecule has 2 aromatic carbocycles. The smallest absolute Gasteiger partial charge is 0.419 e. The Morgan fingerprint density at radius 2 is 1.53 bits per heavy atom. The van der Waals surface area contributed by atoms with Crippen LogP contribution in [0.15, 0.2) is 36.4 Å². The Morgan fingerprint density at radius 1 is 0.947 bits per heavy atom. The van der Waals surface area contributed by atoms with Crippen molar-refractivity contribution in [2.45, 2.75) is 13.1 Å². The zero-order valence-corrected chi connectivity index (χ0v) is 9.92. The second-order valence-corrected chi connectivity index (χ2v) is 4.19. The van der Waals surface area contributed by atoms with Crippen molar-refractivity contribution in [3.63, 3.8) is 0 Å². The van der Waals surface area contributed by atoms with E-state index in [0.717, 1.165) is 12.1 Å². The third kappa shape index (κ3) is 2.70. The monoisotopic (exact) mass is 270 g/mol. The number of rotatable bonds is 1. The largest absolute Gasteiger partial charge is 0.508 e. The van der Waals surface area contributed by atoms with Crippen molar-refractivity contribution in [2.75, 3.05) is 0 Å². The van der Waals surface area contributed by atoms with Gasteiger partial charge in [0.25, 0.3) is 0 Å². The number of benzene rings is 2. The molecular weight excluding hydrogens is 260 g/mol. The fourth-order valence-corrected chi connectivity index (χ4v) is 1.71. The van der Waals surface area contributed by atoms with E-state index in [1.54, 1.807) is 19.1 Å². The molecule has 0 heterocycles. The summed E-state index contributed by atoms with van der Waals surface area (Å²) in [6, 6.07) is 7.26. The summed E-state index contributed by atoms with van der Waals surface area (Å²) in [7, 11) is 0. The van der Waals surface area contributed by atoms with Crippen LogP contribution in [0.25, 0.3) is 11.1 Å². The highest BCUT2D eigenvalue weighted by Crippen LogP contribution is 2.35. The van der Waals surface area contributed by atoms with Crippen molar-refractivity contribution in [3.8, 4) is 16.9 Å². The molecule has 5 heteroatoms. The van der Waals surface area contributed by atoms with Gasteiger partial charge in [-0.2, -0.15) is 13.2 Å². The van der Waals surface area contributed by atoms with Crippen LogP contribution in [0.5, 0.6) is 5.75 Å². The van der Waals surface area contributed by atoms with Crippen LogP contribution < -0.4 is 0 Å². The van der Waals surface area contributed by atoms with Gasteiger partial charge < -0.3 is 5.11 Å². The molecule has 0 fully saturated rings. The van der Waals surface area contributed by atoms with Crippen molar-refractivity contribution in [1.82, 2.24) is 0 Å². The van der Waals surface area contributed by atoms with Gasteiger partial charge >= 0.3 is 6.18 Å². The van der Waals surface area contributed by atoms with Crippen LogP contribution in [0.3, 0.4) is 0 Å². The van der Waals surface area contributed by atoms with Crippen LogP contribution in [0.4, 0.5) is 17.6 Å². The van der Waals surface area contributed by atoms with Gasteiger partial charge in [0.15, 0.2) is 0 Å². The average molecular weight is 270 g/mol. The molecule has 2 rings (SSSR count). The summed E-state index contributed by atoms with van der Waals surface area (Å²) in [4.78, 5) is 0. The van der Waals surface area contributed by atoms with Crippen molar-refractivity contribution in [1.29, 1.82) is 0 Å². The van der Waals surface area contributed by atoms with Gasteiger partial charge in [-0.15, -0.1) is 0 Å². The Labute approximate surface area is 107 Å². The highest BCUT2D eigenvalue weighted by molar-refractivity contribution is 5.66. The molecule has 0 aliphatic rings. The Bertz CT molecular complexity index is 617. The van der Waals surface area contributed by atoms with Crippen LogP contribution in [0, 0.1) is 12.7 Å². The number of aromatic hydroxyl groups is 1. The molecule has 100 valence electrons. The summed E-state index contributed by atoms with van der Waals surface area (Å²) < 4.78 is 51.0. The molecule has 1 N–H and O–H groups in total. The number of halogens is 4. The molecule has 0 saturated carbocycles. The number of phenolic OH excluding ortho intramolecular Hbond substituents is 1. The fourth-order valence-electron chi connectivity index (χ4n) is 1.71. The van der Waals surface area contributed by atoms with Crippen molar-refractivity contribution in [3.05, 3.63) is 53.3 Å². The summed E-state index contributed by atoms with van der Waals surface area (Å²) in [5, 5.41) is 9.55. The lowest BCUT2D eigenvalue weighted by molar-refractivity contribution is -0.139. The SMILES string of the molecule is Cc1ccc(-c2ccc(F)c(C(F)(F)F)c2)cc1O. The Kier molecular flexibility index (Phi) is 3.22. The second kappa shape index (κ2) is 4.57. The highest BCUT2D eigenvalue weighted by atomic mass is 19.4. The van der Waals surface area contributed by atoms with E-state index < -0.39 is 17.6 Å². The van der Waals surface area contributed by atoms with E-state index in [4.69, 9.17) is 0 Å². The molecule has 0 aliphatic heterocycles. The fraction of sp³-hybridized carbons (Fsp3) is 0.143. The van der Waals surface area contributed by atoms with Crippen molar-refractivity contribution in [2.24, 2.45) is 0 Å². The normalized spacial score (nSPS) is 11.6. The van der Waals surface area contributed by atoms with Gasteiger partial charge in [-0.25, -0.2) is 4.39 Å². The maximum atomic E-state index is 13.2. The van der Waals surface area contributed by atoms with Crippen LogP contribution in [0.1, 0.15) is 11.1 Å². The van der Waals surface area contributed by atoms with Gasteiger partial charge in [-0.05, 0) is 41.8 Å². The third-order valence-corrected chi connectivity index (χ3v) is 2.81. The Hall–Kier alpha value is -2.04. The molecule has 0 saturated heterocycles. The van der Waals surface area contributed by atoms with Gasteiger partial charge in [0.2, 0.25) is 0 Å². The summed E-state index contributed by atoms with van der Waals surface area (Å²) in [6.07, 6.45) is -4.74. The molecule has 0 bridgehead atoms. The van der Waals surface area contributed by atoms with E-state index in [1.165, 1.54) is 12.1 Å². The quantitative estimate of drug-likeness (QED) is 0.755. The lowest BCUT2D eigenvalue weighted by Gasteiger charge is -2.11. The minimum atomic E-state index is -4.74. The number of hydrogen-bond acceptors (Lipinski definition) is 1. The molecule has 1 nitrogen and oxygen atoms in total. The van der Waals surface area contributed by atoms with Gasteiger partial charge in [0, 0.05) is 0 Å². The van der Waals surface area contributed by atoms with E-state index in [9.17, 15) is 22.7 Å². The number of alkyl halides is 3. The molecule has 0 aliphatic carbocycles. The van der Waals surface area contributed by atoms with E-state index >= 15 is 0 Å². The number of aryl methyl sites for hydroxylation is 1. The van der Waals surface area contributed by atoms with E-state index in [-0.39, 0.29) is 11.3 Å². The maximum absolute atomic E-state index is 13.2. The first-order valence-electron chi connectivity index (χ1n) is 5.46. The summed E-state index contributed by atoms with van der Waals surface area (Å²) in [5.41, 5.74) is -0.107. The topological polar surface area (TPSA) is 20.2 Å². The maximum Gasteiger partial charge on any atom is 0.419 e. The lowest BCUT2D eigenvalue weighted by Crippen LogP contribution is -2.08. The first-order chi connectivity index (χ1) is 8.79. The zero-order valence-electron chi connectivity index (χ0n) is 9.92. The molecule has 0 unspecified atom stereocenters. The first-order valence-corrected chi connectivity index (χ1v) is 5.46. The van der Waals surface area contributed by atoms with Gasteiger partial charge in [0.1, 0.15) is 11.6 Å². The molecule has 0 atom stereocenters. The van der Waals surface area contributed by atoms with Crippen molar-refractivity contribution >= 4 is 0 Å². The second-order valence-electron chi connectivity index (χ2n) is 4.19. The first kappa shape index (κ1) is 13.4. The molecule has 0 radical (unpaired) electrons. The zero-order chi connectivity index (χ0) is 14.2. The summed E-state index contributed by atoms with van der Waals surface area (Å²) >= 11 is 0. The standard InChI is InChI=1S/C14H10F4O/c1-8-2-3-10(7-13(8)19)9-4-5-12(15)11(6-9)14(16,17)18/h2-7,19H,1H3. The van der Waals surface area contributed by atoms with Gasteiger partial charge in [-0.1, -0.05) is 18.2 Å². The molecule has 19 heavy (non-hydrogen) atoms. The Morgan fingerprint density at radius 3 is 2.11 bits per heavy atom. The molecular formula is C14H10F4O. The van der Waals surface area contributed by atoms with Crippen LogP contribution in [0.2, 0.25) is 0 Å².